The number of hydrogen-bond acceptors (Lipinski definition) is 7. The van der Waals surface area contributed by atoms with E-state index in [0.717, 1.165) is 19.1 Å². The number of halogens is 1. The molecule has 0 saturated heterocycles. The van der Waals surface area contributed by atoms with Crippen LogP contribution in [0.4, 0.5) is 0 Å². The van der Waals surface area contributed by atoms with E-state index in [1.165, 1.54) is 16.8 Å². The van der Waals surface area contributed by atoms with Crippen LogP contribution in [-0.4, -0.2) is 52.5 Å². The molecule has 0 atom stereocenters. The van der Waals surface area contributed by atoms with Crippen molar-refractivity contribution in [2.75, 3.05) is 12.9 Å². The van der Waals surface area contributed by atoms with Crippen molar-refractivity contribution in [3.63, 3.8) is 0 Å². The number of esters is 1. The number of hydrogen-bond donors (Lipinski definition) is 1. The van der Waals surface area contributed by atoms with E-state index in [-0.39, 0.29) is 51.4 Å². The van der Waals surface area contributed by atoms with Crippen molar-refractivity contribution in [3.8, 4) is 5.88 Å². The molecule has 1 N–H and O–H groups in total. The number of sulfone groups is 1. The van der Waals surface area contributed by atoms with E-state index in [2.05, 4.69) is 5.10 Å². The van der Waals surface area contributed by atoms with Gasteiger partial charge >= 0.3 is 5.97 Å². The van der Waals surface area contributed by atoms with Gasteiger partial charge in [0.15, 0.2) is 9.84 Å². The molecule has 0 radical (unpaired) electrons. The fourth-order valence-electron chi connectivity index (χ4n) is 3.88. The van der Waals surface area contributed by atoms with Gasteiger partial charge in [-0.1, -0.05) is 11.6 Å². The number of ether oxygens (including phenoxy) is 1. The Morgan fingerprint density at radius 1 is 1.24 bits per heavy atom. The minimum absolute atomic E-state index is 0.00674. The first kappa shape index (κ1) is 24.2. The van der Waals surface area contributed by atoms with Gasteiger partial charge in [-0.2, -0.15) is 5.10 Å². The Balaban J connectivity index is 1.82. The molecule has 1 fully saturated rings. The van der Waals surface area contributed by atoms with Gasteiger partial charge in [-0.3, -0.25) is 4.79 Å². The van der Waals surface area contributed by atoms with Crippen LogP contribution >= 0.6 is 11.6 Å². The quantitative estimate of drug-likeness (QED) is 0.369. The maximum Gasteiger partial charge on any atom is 0.346 e. The summed E-state index contributed by atoms with van der Waals surface area (Å²) in [7, 11) is -0.284. The van der Waals surface area contributed by atoms with Crippen molar-refractivity contribution >= 4 is 33.2 Å². The fraction of sp³-hybridized carbons (Fsp3) is 0.348. The molecule has 9 nitrogen and oxygen atoms in total. The molecule has 2 heterocycles. The Morgan fingerprint density at radius 3 is 2.50 bits per heavy atom. The Kier molecular flexibility index (Phi) is 6.41. The van der Waals surface area contributed by atoms with Crippen LogP contribution in [0, 0.1) is 0 Å². The first-order valence-corrected chi connectivity index (χ1v) is 12.9. The number of aliphatic hydroxyl groups excluding tert-OH is 1. The van der Waals surface area contributed by atoms with Gasteiger partial charge < -0.3 is 14.4 Å². The molecule has 180 valence electrons. The molecule has 1 aliphatic carbocycles. The summed E-state index contributed by atoms with van der Waals surface area (Å²) in [5.74, 6) is -1.12. The van der Waals surface area contributed by atoms with E-state index in [0.29, 0.717) is 11.3 Å². The van der Waals surface area contributed by atoms with E-state index in [4.69, 9.17) is 16.3 Å². The van der Waals surface area contributed by atoms with Crippen LogP contribution in [0.2, 0.25) is 5.02 Å². The summed E-state index contributed by atoms with van der Waals surface area (Å²) in [5.41, 5.74) is 1.16. The average molecular weight is 506 g/mol. The minimum Gasteiger partial charge on any atom is -0.403 e. The standard InChI is InChI=1S/C23H24ClN3O6S/c1-26-10-8-14(12-26)23(30)33-22-18(20(13-4-5-13)25-27(22)2)21(29)16-6-7-17(34(3,31)32)15(9-11-28)19(16)24/h6-8,10,12-13,28H,4-5,9,11H2,1-3H3. The van der Waals surface area contributed by atoms with Crippen LogP contribution in [0.5, 0.6) is 5.88 Å². The zero-order chi connectivity index (χ0) is 24.8. The number of aliphatic hydroxyl groups is 1. The van der Waals surface area contributed by atoms with Crippen LogP contribution < -0.4 is 4.74 Å². The van der Waals surface area contributed by atoms with Crippen LogP contribution in [0.15, 0.2) is 35.5 Å². The second kappa shape index (κ2) is 9.01. The molecule has 1 aromatic carbocycles. The van der Waals surface area contributed by atoms with E-state index in [1.807, 2.05) is 0 Å². The van der Waals surface area contributed by atoms with Crippen molar-refractivity contribution < 1.29 is 27.9 Å². The first-order chi connectivity index (χ1) is 16.0. The molecule has 1 aliphatic rings. The molecule has 0 amide bonds. The predicted octanol–water partition coefficient (Wildman–Crippen LogP) is 2.68. The van der Waals surface area contributed by atoms with Gasteiger partial charge in [0, 0.05) is 50.8 Å². The Bertz CT molecular complexity index is 1400. The topological polar surface area (TPSA) is 120 Å². The van der Waals surface area contributed by atoms with Crippen LogP contribution in [0.1, 0.15) is 56.3 Å². The number of carbonyl (C=O) groups excluding carboxylic acids is 2. The molecule has 34 heavy (non-hydrogen) atoms. The largest absolute Gasteiger partial charge is 0.403 e. The second-order valence-electron chi connectivity index (χ2n) is 8.40. The second-order valence-corrected chi connectivity index (χ2v) is 10.8. The average Bonchev–Trinajstić information content (AvgIpc) is 3.44. The lowest BCUT2D eigenvalue weighted by atomic mass is 9.98. The van der Waals surface area contributed by atoms with Gasteiger partial charge in [-0.25, -0.2) is 17.9 Å². The van der Waals surface area contributed by atoms with E-state index in [9.17, 15) is 23.1 Å². The third-order valence-electron chi connectivity index (χ3n) is 5.68. The Morgan fingerprint density at radius 2 is 1.94 bits per heavy atom. The molecule has 0 aliphatic heterocycles. The van der Waals surface area contributed by atoms with Crippen molar-refractivity contribution in [2.24, 2.45) is 14.1 Å². The van der Waals surface area contributed by atoms with Gasteiger partial charge in [0.05, 0.1) is 21.2 Å². The molecular weight excluding hydrogens is 482 g/mol. The van der Waals surface area contributed by atoms with Gasteiger partial charge in [0.2, 0.25) is 11.7 Å². The smallest absolute Gasteiger partial charge is 0.346 e. The number of aromatic nitrogens is 3. The number of carbonyl (C=O) groups is 2. The minimum atomic E-state index is -3.64. The summed E-state index contributed by atoms with van der Waals surface area (Å²) in [6.07, 6.45) is 5.99. The predicted molar refractivity (Wildman–Crippen MR) is 124 cm³/mol. The summed E-state index contributed by atoms with van der Waals surface area (Å²) in [6, 6.07) is 4.25. The maximum absolute atomic E-state index is 13.7. The lowest BCUT2D eigenvalue weighted by Gasteiger charge is -2.13. The molecule has 3 aromatic rings. The highest BCUT2D eigenvalue weighted by Gasteiger charge is 2.37. The molecule has 11 heteroatoms. The number of nitrogens with zero attached hydrogens (tertiary/aromatic N) is 3. The molecule has 0 unspecified atom stereocenters. The maximum atomic E-state index is 13.7. The third kappa shape index (κ3) is 4.53. The van der Waals surface area contributed by atoms with Crippen LogP contribution in [-0.2, 0) is 30.4 Å². The zero-order valence-corrected chi connectivity index (χ0v) is 20.5. The molecule has 2 aromatic heterocycles. The SMILES string of the molecule is Cn1ccc(C(=O)Oc2c(C(=O)c3ccc(S(C)(=O)=O)c(CCO)c3Cl)c(C3CC3)nn2C)c1. The highest BCUT2D eigenvalue weighted by atomic mass is 35.5. The third-order valence-corrected chi connectivity index (χ3v) is 7.29. The molecule has 0 spiro atoms. The summed E-state index contributed by atoms with van der Waals surface area (Å²) >= 11 is 6.52. The molecule has 1 saturated carbocycles. The monoisotopic (exact) mass is 505 g/mol. The van der Waals surface area contributed by atoms with Crippen molar-refractivity contribution in [3.05, 3.63) is 63.6 Å². The summed E-state index contributed by atoms with van der Waals surface area (Å²) in [4.78, 5) is 26.4. The van der Waals surface area contributed by atoms with Crippen molar-refractivity contribution in [2.45, 2.75) is 30.1 Å². The summed E-state index contributed by atoms with van der Waals surface area (Å²) in [6.45, 7) is -0.347. The number of aryl methyl sites for hydroxylation is 2. The van der Waals surface area contributed by atoms with Crippen LogP contribution in [0.25, 0.3) is 0 Å². The highest BCUT2D eigenvalue weighted by Crippen LogP contribution is 2.44. The van der Waals surface area contributed by atoms with Crippen molar-refractivity contribution in [1.29, 1.82) is 0 Å². The summed E-state index contributed by atoms with van der Waals surface area (Å²) < 4.78 is 33.1. The Hall–Kier alpha value is -2.95. The van der Waals surface area contributed by atoms with E-state index >= 15 is 0 Å². The number of ketones is 1. The zero-order valence-electron chi connectivity index (χ0n) is 18.9. The Labute approximate surface area is 201 Å². The molecule has 4 rings (SSSR count). The lowest BCUT2D eigenvalue weighted by molar-refractivity contribution is 0.0718. The lowest BCUT2D eigenvalue weighted by Crippen LogP contribution is -2.15. The van der Waals surface area contributed by atoms with E-state index < -0.39 is 21.6 Å². The normalized spacial score (nSPS) is 13.8. The van der Waals surface area contributed by atoms with Crippen LogP contribution in [0.3, 0.4) is 0 Å². The van der Waals surface area contributed by atoms with Gasteiger partial charge in [0.25, 0.3) is 0 Å². The van der Waals surface area contributed by atoms with Crippen molar-refractivity contribution in [1.82, 2.24) is 14.3 Å². The number of rotatable bonds is 8. The summed E-state index contributed by atoms with van der Waals surface area (Å²) in [5, 5.41) is 13.8. The molecular formula is C23H24ClN3O6S. The fourth-order valence-corrected chi connectivity index (χ4v) is 5.25. The first-order valence-electron chi connectivity index (χ1n) is 10.6. The van der Waals surface area contributed by atoms with Gasteiger partial charge in [-0.15, -0.1) is 0 Å². The molecule has 0 bridgehead atoms. The van der Waals surface area contributed by atoms with Gasteiger partial charge in [0.1, 0.15) is 5.56 Å². The van der Waals surface area contributed by atoms with Gasteiger partial charge in [-0.05, 0) is 43.0 Å². The van der Waals surface area contributed by atoms with E-state index in [1.54, 1.807) is 37.1 Å². The number of benzene rings is 1. The highest BCUT2D eigenvalue weighted by molar-refractivity contribution is 7.90.